The van der Waals surface area contributed by atoms with Gasteiger partial charge >= 0.3 is 0 Å². The van der Waals surface area contributed by atoms with Gasteiger partial charge in [-0.15, -0.1) is 11.3 Å². The van der Waals surface area contributed by atoms with Gasteiger partial charge in [0.15, 0.2) is 0 Å². The molecule has 2 aromatic rings. The van der Waals surface area contributed by atoms with Crippen molar-refractivity contribution in [1.82, 2.24) is 10.3 Å². The summed E-state index contributed by atoms with van der Waals surface area (Å²) < 4.78 is 27.9. The fourth-order valence-corrected chi connectivity index (χ4v) is 3.93. The van der Waals surface area contributed by atoms with Gasteiger partial charge in [-0.25, -0.2) is 13.4 Å². The Morgan fingerprint density at radius 1 is 1.40 bits per heavy atom. The molecule has 2 heterocycles. The third kappa shape index (κ3) is 4.02. The number of thiophene rings is 1. The van der Waals surface area contributed by atoms with Gasteiger partial charge in [0.05, 0.1) is 0 Å². The molecule has 0 bridgehead atoms. The zero-order chi connectivity index (χ0) is 14.6. The van der Waals surface area contributed by atoms with Crippen LogP contribution in [0.5, 0.6) is 0 Å². The quantitative estimate of drug-likeness (QED) is 0.814. The first kappa shape index (κ1) is 15.4. The molecule has 0 aliphatic carbocycles. The molecule has 0 aliphatic heterocycles. The number of halogens is 1. The Bertz CT molecular complexity index is 668. The smallest absolute Gasteiger partial charge is 0.272 e. The van der Waals surface area contributed by atoms with Crippen molar-refractivity contribution >= 4 is 43.1 Å². The minimum absolute atomic E-state index is 0.287. The van der Waals surface area contributed by atoms with Crippen LogP contribution in [0.25, 0.3) is 0 Å². The van der Waals surface area contributed by atoms with E-state index in [1.165, 1.54) is 11.3 Å². The largest absolute Gasteiger partial charge is 0.313 e. The summed E-state index contributed by atoms with van der Waals surface area (Å²) in [6.45, 7) is 3.52. The Morgan fingerprint density at radius 2 is 2.20 bits per heavy atom. The SMILES string of the molecule is CCNCc1csc(S(=O)(=O)Nc2ccc(Br)cn2)c1. The Morgan fingerprint density at radius 3 is 2.85 bits per heavy atom. The Labute approximate surface area is 130 Å². The van der Waals surface area contributed by atoms with E-state index in [9.17, 15) is 8.42 Å². The van der Waals surface area contributed by atoms with E-state index >= 15 is 0 Å². The van der Waals surface area contributed by atoms with Gasteiger partial charge in [0, 0.05) is 17.2 Å². The fourth-order valence-electron chi connectivity index (χ4n) is 1.48. The standard InChI is InChI=1S/C12H14BrN3O2S2/c1-2-14-6-9-5-12(19-8-9)20(17,18)16-11-4-3-10(13)7-15-11/h3-5,7-8,14H,2,6H2,1H3,(H,15,16). The highest BCUT2D eigenvalue weighted by Crippen LogP contribution is 2.22. The van der Waals surface area contributed by atoms with Gasteiger partial charge in [-0.1, -0.05) is 6.92 Å². The van der Waals surface area contributed by atoms with Crippen LogP contribution in [0.15, 0.2) is 38.5 Å². The molecule has 5 nitrogen and oxygen atoms in total. The maximum atomic E-state index is 12.2. The molecular formula is C12H14BrN3O2S2. The summed E-state index contributed by atoms with van der Waals surface area (Å²) in [6.07, 6.45) is 1.54. The van der Waals surface area contributed by atoms with Gasteiger partial charge in [-0.2, -0.15) is 0 Å². The lowest BCUT2D eigenvalue weighted by molar-refractivity contribution is 0.603. The number of hydrogen-bond donors (Lipinski definition) is 2. The van der Waals surface area contributed by atoms with Crippen molar-refractivity contribution in [3.8, 4) is 0 Å². The summed E-state index contributed by atoms with van der Waals surface area (Å²) >= 11 is 4.45. The Kier molecular flexibility index (Phi) is 5.14. The zero-order valence-electron chi connectivity index (χ0n) is 10.8. The van der Waals surface area contributed by atoms with E-state index in [2.05, 4.69) is 31.0 Å². The minimum atomic E-state index is -3.57. The zero-order valence-corrected chi connectivity index (χ0v) is 14.0. The predicted molar refractivity (Wildman–Crippen MR) is 84.4 cm³/mol. The number of nitrogens with one attached hydrogen (secondary N) is 2. The number of aromatic nitrogens is 1. The maximum Gasteiger partial charge on any atom is 0.272 e. The van der Waals surface area contributed by atoms with E-state index in [4.69, 9.17) is 0 Å². The second kappa shape index (κ2) is 6.66. The summed E-state index contributed by atoms with van der Waals surface area (Å²) in [5.41, 5.74) is 0.959. The number of nitrogens with zero attached hydrogens (tertiary/aromatic N) is 1. The van der Waals surface area contributed by atoms with Gasteiger partial charge in [0.2, 0.25) is 0 Å². The van der Waals surface area contributed by atoms with Crippen molar-refractivity contribution in [2.75, 3.05) is 11.3 Å². The lowest BCUT2D eigenvalue weighted by Crippen LogP contribution is -2.13. The third-order valence-electron chi connectivity index (χ3n) is 2.44. The summed E-state index contributed by atoms with van der Waals surface area (Å²) in [5.74, 6) is 0.301. The van der Waals surface area contributed by atoms with Crippen molar-refractivity contribution < 1.29 is 8.42 Å². The molecule has 0 fully saturated rings. The summed E-state index contributed by atoms with van der Waals surface area (Å²) in [7, 11) is -3.57. The molecule has 0 spiro atoms. The molecule has 20 heavy (non-hydrogen) atoms. The van der Waals surface area contributed by atoms with Gasteiger partial charge < -0.3 is 5.32 Å². The van der Waals surface area contributed by atoms with Crippen LogP contribution in [-0.2, 0) is 16.6 Å². The molecule has 0 saturated carbocycles. The molecule has 0 unspecified atom stereocenters. The second-order valence-electron chi connectivity index (χ2n) is 4.02. The van der Waals surface area contributed by atoms with E-state index < -0.39 is 10.0 Å². The molecule has 0 amide bonds. The Hall–Kier alpha value is -0.960. The molecule has 0 aliphatic rings. The van der Waals surface area contributed by atoms with Gasteiger partial charge in [0.25, 0.3) is 10.0 Å². The molecule has 0 atom stereocenters. The summed E-state index contributed by atoms with van der Waals surface area (Å²) in [4.78, 5) is 4.00. The maximum absolute atomic E-state index is 12.2. The van der Waals surface area contributed by atoms with E-state index in [1.54, 1.807) is 24.4 Å². The van der Waals surface area contributed by atoms with Crippen molar-refractivity contribution in [3.63, 3.8) is 0 Å². The first-order valence-electron chi connectivity index (χ1n) is 5.94. The van der Waals surface area contributed by atoms with Crippen LogP contribution in [0.4, 0.5) is 5.82 Å². The van der Waals surface area contributed by atoms with E-state index in [0.717, 1.165) is 16.6 Å². The topological polar surface area (TPSA) is 71.1 Å². The highest BCUT2D eigenvalue weighted by molar-refractivity contribution is 9.10. The molecule has 0 radical (unpaired) electrons. The van der Waals surface area contributed by atoms with Crippen molar-refractivity contribution in [2.45, 2.75) is 17.7 Å². The van der Waals surface area contributed by atoms with Crippen LogP contribution in [-0.4, -0.2) is 19.9 Å². The van der Waals surface area contributed by atoms with Crippen LogP contribution in [0.2, 0.25) is 0 Å². The van der Waals surface area contributed by atoms with E-state index in [-0.39, 0.29) is 4.21 Å². The number of pyridine rings is 1. The molecular weight excluding hydrogens is 362 g/mol. The molecule has 2 aromatic heterocycles. The summed E-state index contributed by atoms with van der Waals surface area (Å²) in [5, 5.41) is 5.00. The molecule has 0 aromatic carbocycles. The summed E-state index contributed by atoms with van der Waals surface area (Å²) in [6, 6.07) is 5.01. The van der Waals surface area contributed by atoms with E-state index in [0.29, 0.717) is 12.4 Å². The highest BCUT2D eigenvalue weighted by Gasteiger charge is 2.17. The average molecular weight is 376 g/mol. The lowest BCUT2D eigenvalue weighted by atomic mass is 10.3. The van der Waals surface area contributed by atoms with Gasteiger partial charge in [-0.05, 0) is 51.6 Å². The molecule has 2 rings (SSSR count). The van der Waals surface area contributed by atoms with Gasteiger partial charge in [0.1, 0.15) is 10.0 Å². The normalized spacial score (nSPS) is 11.5. The highest BCUT2D eigenvalue weighted by atomic mass is 79.9. The first-order chi connectivity index (χ1) is 9.51. The number of hydrogen-bond acceptors (Lipinski definition) is 5. The molecule has 2 N–H and O–H groups in total. The minimum Gasteiger partial charge on any atom is -0.313 e. The van der Waals surface area contributed by atoms with Crippen LogP contribution in [0.3, 0.4) is 0 Å². The molecule has 8 heteroatoms. The lowest BCUT2D eigenvalue weighted by Gasteiger charge is -2.04. The van der Waals surface area contributed by atoms with Crippen LogP contribution < -0.4 is 10.0 Å². The first-order valence-corrected chi connectivity index (χ1v) is 9.09. The number of anilines is 1. The van der Waals surface area contributed by atoms with Crippen LogP contribution in [0.1, 0.15) is 12.5 Å². The third-order valence-corrected chi connectivity index (χ3v) is 5.75. The van der Waals surface area contributed by atoms with Crippen molar-refractivity contribution in [1.29, 1.82) is 0 Å². The van der Waals surface area contributed by atoms with E-state index in [1.807, 2.05) is 12.3 Å². The van der Waals surface area contributed by atoms with Gasteiger partial charge in [-0.3, -0.25) is 4.72 Å². The van der Waals surface area contributed by atoms with Crippen LogP contribution in [0, 0.1) is 0 Å². The number of rotatable bonds is 6. The monoisotopic (exact) mass is 375 g/mol. The fraction of sp³-hybridized carbons (Fsp3) is 0.250. The number of sulfonamides is 1. The Balaban J connectivity index is 2.13. The second-order valence-corrected chi connectivity index (χ2v) is 7.76. The van der Waals surface area contributed by atoms with Crippen molar-refractivity contribution in [2.24, 2.45) is 0 Å². The molecule has 108 valence electrons. The predicted octanol–water partition coefficient (Wildman–Crippen LogP) is 2.82. The van der Waals surface area contributed by atoms with Crippen molar-refractivity contribution in [3.05, 3.63) is 39.8 Å². The average Bonchev–Trinajstić information content (AvgIpc) is 2.88. The molecule has 0 saturated heterocycles. The van der Waals surface area contributed by atoms with Crippen LogP contribution >= 0.6 is 27.3 Å².